The number of amides is 3. The SMILES string of the molecule is COC1CN(C)Cc2ccc(NC(=O)[C@H]3C[C@@H](OC)CN3C(=O)Nc3ccc(Cl)cc3)cc21. The first kappa shape index (κ1) is 23.5. The fourth-order valence-corrected chi connectivity index (χ4v) is 4.58. The highest BCUT2D eigenvalue weighted by Crippen LogP contribution is 2.31. The number of halogens is 1. The summed E-state index contributed by atoms with van der Waals surface area (Å²) in [6.45, 7) is 1.95. The molecule has 2 aromatic carbocycles. The number of hydrogen-bond donors (Lipinski definition) is 2. The van der Waals surface area contributed by atoms with E-state index in [4.69, 9.17) is 21.1 Å². The molecule has 9 heteroatoms. The lowest BCUT2D eigenvalue weighted by atomic mass is 9.97. The monoisotopic (exact) mass is 472 g/mol. The van der Waals surface area contributed by atoms with Crippen LogP contribution in [0.2, 0.25) is 5.02 Å². The molecular formula is C24H29ClN4O4. The molecule has 2 N–H and O–H groups in total. The molecule has 2 aliphatic heterocycles. The van der Waals surface area contributed by atoms with Crippen molar-refractivity contribution in [3.63, 3.8) is 0 Å². The maximum atomic E-state index is 13.2. The number of rotatable bonds is 5. The van der Waals surface area contributed by atoms with E-state index < -0.39 is 6.04 Å². The first-order valence-electron chi connectivity index (χ1n) is 10.9. The van der Waals surface area contributed by atoms with Gasteiger partial charge in [0.25, 0.3) is 0 Å². The number of nitrogens with zero attached hydrogens (tertiary/aromatic N) is 2. The van der Waals surface area contributed by atoms with Crippen LogP contribution in [0.4, 0.5) is 16.2 Å². The van der Waals surface area contributed by atoms with Gasteiger partial charge in [0.05, 0.1) is 12.2 Å². The Morgan fingerprint density at radius 3 is 2.42 bits per heavy atom. The van der Waals surface area contributed by atoms with Gasteiger partial charge in [-0.25, -0.2) is 4.79 Å². The molecular weight excluding hydrogens is 444 g/mol. The van der Waals surface area contributed by atoms with Crippen molar-refractivity contribution >= 4 is 34.9 Å². The molecule has 0 spiro atoms. The number of carbonyl (C=O) groups excluding carboxylic acids is 2. The van der Waals surface area contributed by atoms with E-state index in [1.807, 2.05) is 18.2 Å². The lowest BCUT2D eigenvalue weighted by Gasteiger charge is -2.31. The molecule has 1 unspecified atom stereocenters. The third-order valence-corrected chi connectivity index (χ3v) is 6.47. The second-order valence-electron chi connectivity index (χ2n) is 8.52. The highest BCUT2D eigenvalue weighted by molar-refractivity contribution is 6.30. The Bertz CT molecular complexity index is 1020. The number of anilines is 2. The molecule has 0 aliphatic carbocycles. The molecule has 0 saturated carbocycles. The van der Waals surface area contributed by atoms with Crippen molar-refractivity contribution < 1.29 is 19.1 Å². The van der Waals surface area contributed by atoms with E-state index in [2.05, 4.69) is 22.6 Å². The average molecular weight is 473 g/mol. The Morgan fingerprint density at radius 1 is 1.00 bits per heavy atom. The molecule has 8 nitrogen and oxygen atoms in total. The standard InChI is InChI=1S/C24H29ClN4O4/c1-28-12-15-4-7-18(10-20(15)22(14-28)33-3)26-23(30)21-11-19(32-2)13-29(21)24(31)27-17-8-5-16(25)6-9-17/h4-10,19,21-22H,11-14H2,1-3H3,(H,26,30)(H,27,31)/t19-,21-,22?/m1/s1. The van der Waals surface area contributed by atoms with Gasteiger partial charge in [0, 0.05) is 56.7 Å². The normalized spacial score (nSPS) is 22.7. The van der Waals surface area contributed by atoms with Gasteiger partial charge in [-0.1, -0.05) is 17.7 Å². The summed E-state index contributed by atoms with van der Waals surface area (Å²) in [5.74, 6) is -0.248. The number of likely N-dealkylation sites (N-methyl/N-ethyl adjacent to an activating group) is 1. The highest BCUT2D eigenvalue weighted by atomic mass is 35.5. The maximum absolute atomic E-state index is 13.2. The predicted octanol–water partition coefficient (Wildman–Crippen LogP) is 3.73. The third-order valence-electron chi connectivity index (χ3n) is 6.22. The number of carbonyl (C=O) groups is 2. The van der Waals surface area contributed by atoms with Crippen LogP contribution in [-0.4, -0.2) is 68.2 Å². The van der Waals surface area contributed by atoms with Crippen molar-refractivity contribution in [1.29, 1.82) is 0 Å². The highest BCUT2D eigenvalue weighted by Gasteiger charge is 2.40. The minimum Gasteiger partial charge on any atom is -0.380 e. The first-order valence-corrected chi connectivity index (χ1v) is 11.3. The summed E-state index contributed by atoms with van der Waals surface area (Å²) in [5, 5.41) is 6.40. The number of fused-ring (bicyclic) bond motifs is 1. The van der Waals surface area contributed by atoms with Crippen LogP contribution in [0.25, 0.3) is 0 Å². The fraction of sp³-hybridized carbons (Fsp3) is 0.417. The molecule has 2 heterocycles. The Labute approximate surface area is 198 Å². The Balaban J connectivity index is 1.48. The summed E-state index contributed by atoms with van der Waals surface area (Å²) in [4.78, 5) is 29.9. The van der Waals surface area contributed by atoms with Crippen molar-refractivity contribution in [2.24, 2.45) is 0 Å². The molecule has 176 valence electrons. The zero-order valence-corrected chi connectivity index (χ0v) is 19.8. The second kappa shape index (κ2) is 10.1. The lowest BCUT2D eigenvalue weighted by Crippen LogP contribution is -2.45. The quantitative estimate of drug-likeness (QED) is 0.692. The summed E-state index contributed by atoms with van der Waals surface area (Å²) >= 11 is 5.92. The molecule has 3 atom stereocenters. The van der Waals surface area contributed by atoms with E-state index in [9.17, 15) is 9.59 Å². The number of likely N-dealkylation sites (tertiary alicyclic amines) is 1. The van der Waals surface area contributed by atoms with Crippen LogP contribution in [0.5, 0.6) is 0 Å². The van der Waals surface area contributed by atoms with Gasteiger partial charge >= 0.3 is 6.03 Å². The van der Waals surface area contributed by atoms with Crippen LogP contribution >= 0.6 is 11.6 Å². The van der Waals surface area contributed by atoms with Crippen LogP contribution < -0.4 is 10.6 Å². The molecule has 0 aromatic heterocycles. The summed E-state index contributed by atoms with van der Waals surface area (Å²) in [6, 6.07) is 11.7. The predicted molar refractivity (Wildman–Crippen MR) is 128 cm³/mol. The summed E-state index contributed by atoms with van der Waals surface area (Å²) in [7, 11) is 5.34. The van der Waals surface area contributed by atoms with E-state index >= 15 is 0 Å². The van der Waals surface area contributed by atoms with E-state index in [1.54, 1.807) is 38.5 Å². The largest absolute Gasteiger partial charge is 0.380 e. The topological polar surface area (TPSA) is 83.1 Å². The van der Waals surface area contributed by atoms with E-state index in [1.165, 1.54) is 10.5 Å². The zero-order valence-electron chi connectivity index (χ0n) is 19.0. The zero-order chi connectivity index (χ0) is 23.5. The first-order chi connectivity index (χ1) is 15.9. The van der Waals surface area contributed by atoms with Gasteiger partial charge < -0.3 is 25.0 Å². The van der Waals surface area contributed by atoms with Crippen molar-refractivity contribution in [1.82, 2.24) is 9.80 Å². The van der Waals surface area contributed by atoms with Crippen LogP contribution in [0, 0.1) is 0 Å². The van der Waals surface area contributed by atoms with Gasteiger partial charge in [-0.05, 0) is 54.6 Å². The molecule has 4 rings (SSSR count). The molecule has 33 heavy (non-hydrogen) atoms. The molecule has 0 radical (unpaired) electrons. The minimum absolute atomic E-state index is 0.0541. The van der Waals surface area contributed by atoms with Crippen molar-refractivity contribution in [2.75, 3.05) is 45.0 Å². The van der Waals surface area contributed by atoms with E-state index in [0.29, 0.717) is 29.4 Å². The van der Waals surface area contributed by atoms with Gasteiger partial charge in [0.1, 0.15) is 6.04 Å². The van der Waals surface area contributed by atoms with Crippen LogP contribution in [0.3, 0.4) is 0 Å². The molecule has 1 fully saturated rings. The number of nitrogens with one attached hydrogen (secondary N) is 2. The summed E-state index contributed by atoms with van der Waals surface area (Å²) in [6.07, 6.45) is 0.155. The second-order valence-corrected chi connectivity index (χ2v) is 8.96. The van der Waals surface area contributed by atoms with Crippen molar-refractivity contribution in [3.8, 4) is 0 Å². The summed E-state index contributed by atoms with van der Waals surface area (Å²) in [5.41, 5.74) is 3.55. The van der Waals surface area contributed by atoms with Crippen LogP contribution in [-0.2, 0) is 20.8 Å². The maximum Gasteiger partial charge on any atom is 0.322 e. The molecule has 2 aliphatic rings. The van der Waals surface area contributed by atoms with Crippen LogP contribution in [0.1, 0.15) is 23.7 Å². The van der Waals surface area contributed by atoms with Crippen molar-refractivity contribution in [3.05, 3.63) is 58.6 Å². The molecule has 0 bridgehead atoms. The van der Waals surface area contributed by atoms with E-state index in [0.717, 1.165) is 18.7 Å². The average Bonchev–Trinajstić information content (AvgIpc) is 3.25. The number of hydrogen-bond acceptors (Lipinski definition) is 5. The van der Waals surface area contributed by atoms with Gasteiger partial charge in [0.15, 0.2) is 0 Å². The third kappa shape index (κ3) is 5.30. The smallest absolute Gasteiger partial charge is 0.322 e. The van der Waals surface area contributed by atoms with Gasteiger partial charge in [-0.3, -0.25) is 9.69 Å². The van der Waals surface area contributed by atoms with Gasteiger partial charge in [-0.2, -0.15) is 0 Å². The summed E-state index contributed by atoms with van der Waals surface area (Å²) < 4.78 is 11.1. The number of urea groups is 1. The Morgan fingerprint density at radius 2 is 1.73 bits per heavy atom. The van der Waals surface area contributed by atoms with Crippen molar-refractivity contribution in [2.45, 2.75) is 31.2 Å². The Kier molecular flexibility index (Phi) is 7.19. The molecule has 1 saturated heterocycles. The van der Waals surface area contributed by atoms with E-state index in [-0.39, 0.29) is 24.1 Å². The molecule has 3 amide bonds. The fourth-order valence-electron chi connectivity index (χ4n) is 4.45. The number of methoxy groups -OCH3 is 2. The molecule has 2 aromatic rings. The van der Waals surface area contributed by atoms with Gasteiger partial charge in [-0.15, -0.1) is 0 Å². The number of benzene rings is 2. The van der Waals surface area contributed by atoms with Gasteiger partial charge in [0.2, 0.25) is 5.91 Å². The number of ether oxygens (including phenoxy) is 2. The lowest BCUT2D eigenvalue weighted by molar-refractivity contribution is -0.119. The Hall–Kier alpha value is -2.65. The minimum atomic E-state index is -0.650. The van der Waals surface area contributed by atoms with Crippen LogP contribution in [0.15, 0.2) is 42.5 Å².